The van der Waals surface area contributed by atoms with Crippen molar-refractivity contribution in [2.24, 2.45) is 5.92 Å². The van der Waals surface area contributed by atoms with Crippen molar-refractivity contribution in [3.05, 3.63) is 45.7 Å². The maximum Gasteiger partial charge on any atom is 0.248 e. The third-order valence-corrected chi connectivity index (χ3v) is 9.13. The fraction of sp³-hybridized carbons (Fsp3) is 0.607. The maximum atomic E-state index is 14.0. The van der Waals surface area contributed by atoms with Gasteiger partial charge in [-0.2, -0.15) is 9.97 Å². The first kappa shape index (κ1) is 28.0. The quantitative estimate of drug-likeness (QED) is 0.305. The number of alkyl halides is 2. The van der Waals surface area contributed by atoms with E-state index >= 15 is 0 Å². The van der Waals surface area contributed by atoms with Crippen molar-refractivity contribution in [3.8, 4) is 0 Å². The van der Waals surface area contributed by atoms with E-state index in [1.54, 1.807) is 12.1 Å². The summed E-state index contributed by atoms with van der Waals surface area (Å²) < 4.78 is 50.0. The van der Waals surface area contributed by atoms with Gasteiger partial charge in [0.05, 0.1) is 17.7 Å². The molecular weight excluding hydrogens is 564 g/mol. The van der Waals surface area contributed by atoms with Crippen molar-refractivity contribution in [3.63, 3.8) is 0 Å². The molecule has 2 aliphatic heterocycles. The number of aryl methyl sites for hydroxylation is 1. The highest BCUT2D eigenvalue weighted by molar-refractivity contribution is 6.30. The number of ether oxygens (including phenoxy) is 1. The lowest BCUT2D eigenvalue weighted by Gasteiger charge is -2.52. The van der Waals surface area contributed by atoms with Crippen LogP contribution in [0, 0.1) is 18.7 Å². The van der Waals surface area contributed by atoms with Crippen LogP contribution in [0.1, 0.15) is 57.0 Å². The minimum atomic E-state index is -2.67. The molecule has 4 heterocycles. The van der Waals surface area contributed by atoms with Crippen molar-refractivity contribution >= 4 is 40.2 Å². The van der Waals surface area contributed by atoms with Gasteiger partial charge in [-0.15, -0.1) is 0 Å². The van der Waals surface area contributed by atoms with E-state index in [2.05, 4.69) is 38.2 Å². The summed E-state index contributed by atoms with van der Waals surface area (Å²) in [6.07, 6.45) is 1.76. The molecule has 3 aromatic rings. The van der Waals surface area contributed by atoms with Gasteiger partial charge in [-0.25, -0.2) is 18.2 Å². The van der Waals surface area contributed by atoms with E-state index in [1.807, 2.05) is 6.92 Å². The number of hydrogen-bond acceptors (Lipinski definition) is 6. The number of hydrogen-bond donors (Lipinski definition) is 0. The van der Waals surface area contributed by atoms with Crippen molar-refractivity contribution in [1.82, 2.24) is 24.4 Å². The Kier molecular flexibility index (Phi) is 7.42. The molecule has 2 unspecified atom stereocenters. The minimum Gasteiger partial charge on any atom is -0.376 e. The van der Waals surface area contributed by atoms with Crippen LogP contribution >= 0.6 is 23.2 Å². The lowest BCUT2D eigenvalue weighted by atomic mass is 9.73. The fourth-order valence-corrected chi connectivity index (χ4v) is 7.03. The molecule has 0 amide bonds. The minimum absolute atomic E-state index is 0.0000918. The Labute approximate surface area is 241 Å². The standard InChI is InChI=1S/C28H33Cl2F3N6O/c1-15-13-38(25-23-26(36-27(30)35-25)39(17(3)34-23)14-20-5-4-8-40-20)16(2)12-37(15)24(19-10-28(32,33)11-19)18-6-7-22(31)21(29)9-18/h6-7,9,15-16,19-20,24H,4-5,8,10-14H2,1-3H3/t15-,16+,20?,24?/m1/s1. The van der Waals surface area contributed by atoms with Crippen molar-refractivity contribution in [2.45, 2.75) is 83.2 Å². The van der Waals surface area contributed by atoms with Crippen molar-refractivity contribution in [1.29, 1.82) is 0 Å². The smallest absolute Gasteiger partial charge is 0.248 e. The highest BCUT2D eigenvalue weighted by atomic mass is 35.5. The molecule has 4 atom stereocenters. The van der Waals surface area contributed by atoms with Crippen LogP contribution in [0.5, 0.6) is 0 Å². The summed E-state index contributed by atoms with van der Waals surface area (Å²) in [7, 11) is 0. The molecule has 1 saturated carbocycles. The van der Waals surface area contributed by atoms with Gasteiger partial charge < -0.3 is 14.2 Å². The summed E-state index contributed by atoms with van der Waals surface area (Å²) in [6, 6.07) is 4.20. The molecule has 2 aromatic heterocycles. The van der Waals surface area contributed by atoms with Crippen LogP contribution in [0.4, 0.5) is 19.0 Å². The van der Waals surface area contributed by atoms with Crippen LogP contribution in [0.2, 0.25) is 10.3 Å². The zero-order chi connectivity index (χ0) is 28.3. The lowest BCUT2D eigenvalue weighted by molar-refractivity contribution is -0.137. The van der Waals surface area contributed by atoms with Gasteiger partial charge in [-0.05, 0) is 68.8 Å². The number of rotatable bonds is 6. The van der Waals surface area contributed by atoms with E-state index in [1.165, 1.54) is 6.07 Å². The van der Waals surface area contributed by atoms with E-state index in [4.69, 9.17) is 32.9 Å². The average Bonchev–Trinajstić information content (AvgIpc) is 3.50. The Hall–Kier alpha value is -2.14. The fourth-order valence-electron chi connectivity index (χ4n) is 6.68. The number of halogens is 5. The predicted octanol–water partition coefficient (Wildman–Crippen LogP) is 6.45. The van der Waals surface area contributed by atoms with Gasteiger partial charge in [-0.3, -0.25) is 4.90 Å². The first-order valence-electron chi connectivity index (χ1n) is 13.9. The van der Waals surface area contributed by atoms with Crippen molar-refractivity contribution < 1.29 is 17.9 Å². The number of piperazine rings is 1. The molecular formula is C28H33Cl2F3N6O. The number of aromatic nitrogens is 4. The summed E-state index contributed by atoms with van der Waals surface area (Å²) >= 11 is 12.6. The monoisotopic (exact) mass is 596 g/mol. The molecule has 1 aliphatic carbocycles. The Morgan fingerprint density at radius 1 is 1.10 bits per heavy atom. The van der Waals surface area contributed by atoms with E-state index < -0.39 is 11.7 Å². The summed E-state index contributed by atoms with van der Waals surface area (Å²) in [5, 5.41) is 0.147. The van der Waals surface area contributed by atoms with Gasteiger partial charge in [0.2, 0.25) is 11.2 Å². The van der Waals surface area contributed by atoms with E-state index in [0.29, 0.717) is 36.6 Å². The number of anilines is 1. The highest BCUT2D eigenvalue weighted by Gasteiger charge is 2.51. The normalized spacial score (nSPS) is 26.4. The topological polar surface area (TPSA) is 59.3 Å². The number of benzene rings is 1. The SMILES string of the molecule is Cc1nc2c(N3C[C@@H](C)N(C(c4ccc(F)c(Cl)c4)C4CC(F)(F)C4)C[C@@H]3C)nc(Cl)nc2n1CC1CCCO1. The van der Waals surface area contributed by atoms with Crippen LogP contribution in [0.25, 0.3) is 11.2 Å². The van der Waals surface area contributed by atoms with Gasteiger partial charge in [0, 0.05) is 50.7 Å². The summed E-state index contributed by atoms with van der Waals surface area (Å²) in [6.45, 7) is 8.70. The summed E-state index contributed by atoms with van der Waals surface area (Å²) in [5.41, 5.74) is 2.13. The molecule has 0 bridgehead atoms. The molecule has 0 N–H and O–H groups in total. The van der Waals surface area contributed by atoms with Gasteiger partial charge in [0.15, 0.2) is 17.0 Å². The summed E-state index contributed by atoms with van der Waals surface area (Å²) in [5.74, 6) is -1.96. The first-order valence-corrected chi connectivity index (χ1v) is 14.6. The van der Waals surface area contributed by atoms with Gasteiger partial charge >= 0.3 is 0 Å². The zero-order valence-electron chi connectivity index (χ0n) is 22.8. The molecule has 7 nitrogen and oxygen atoms in total. The van der Waals surface area contributed by atoms with E-state index in [0.717, 1.165) is 30.8 Å². The maximum absolute atomic E-state index is 14.0. The van der Waals surface area contributed by atoms with E-state index in [9.17, 15) is 13.2 Å². The molecule has 3 aliphatic rings. The second-order valence-electron chi connectivity index (χ2n) is 11.6. The largest absolute Gasteiger partial charge is 0.376 e. The van der Waals surface area contributed by atoms with E-state index in [-0.39, 0.29) is 53.3 Å². The Balaban J connectivity index is 1.31. The second-order valence-corrected chi connectivity index (χ2v) is 12.3. The molecule has 0 radical (unpaired) electrons. The summed E-state index contributed by atoms with van der Waals surface area (Å²) in [4.78, 5) is 18.5. The first-order chi connectivity index (χ1) is 19.0. The number of nitrogens with zero attached hydrogens (tertiary/aromatic N) is 6. The number of fused-ring (bicyclic) bond motifs is 1. The van der Waals surface area contributed by atoms with Crippen LogP contribution in [-0.2, 0) is 11.3 Å². The zero-order valence-corrected chi connectivity index (χ0v) is 24.3. The Bertz CT molecular complexity index is 1410. The Morgan fingerprint density at radius 2 is 1.88 bits per heavy atom. The average molecular weight is 598 g/mol. The molecule has 3 fully saturated rings. The van der Waals surface area contributed by atoms with Gasteiger partial charge in [0.25, 0.3) is 0 Å². The molecule has 1 aromatic carbocycles. The van der Waals surface area contributed by atoms with Crippen molar-refractivity contribution in [2.75, 3.05) is 24.6 Å². The van der Waals surface area contributed by atoms with Crippen LogP contribution in [0.3, 0.4) is 0 Å². The van der Waals surface area contributed by atoms with Crippen LogP contribution < -0.4 is 4.90 Å². The third-order valence-electron chi connectivity index (χ3n) is 8.67. The second kappa shape index (κ2) is 10.6. The van der Waals surface area contributed by atoms with Crippen LogP contribution in [-0.4, -0.2) is 68.2 Å². The third kappa shape index (κ3) is 5.16. The molecule has 2 saturated heterocycles. The molecule has 6 rings (SSSR count). The number of imidazole rings is 1. The van der Waals surface area contributed by atoms with Crippen LogP contribution in [0.15, 0.2) is 18.2 Å². The van der Waals surface area contributed by atoms with Gasteiger partial charge in [-0.1, -0.05) is 17.7 Å². The predicted molar refractivity (Wildman–Crippen MR) is 149 cm³/mol. The Morgan fingerprint density at radius 3 is 2.55 bits per heavy atom. The molecule has 40 heavy (non-hydrogen) atoms. The van der Waals surface area contributed by atoms with Gasteiger partial charge in [0.1, 0.15) is 11.6 Å². The molecule has 0 spiro atoms. The highest BCUT2D eigenvalue weighted by Crippen LogP contribution is 2.51. The molecule has 12 heteroatoms. The lowest BCUT2D eigenvalue weighted by Crippen LogP contribution is -2.59. The molecule has 216 valence electrons.